The van der Waals surface area contributed by atoms with Crippen LogP contribution in [0.3, 0.4) is 0 Å². The number of hydrogen-bond donors (Lipinski definition) is 2. The van der Waals surface area contributed by atoms with E-state index >= 15 is 0 Å². The van der Waals surface area contributed by atoms with Crippen LogP contribution >= 0.6 is 0 Å². The number of benzene rings is 1. The number of piperidine rings is 1. The number of nitrogens with two attached hydrogens (primary N) is 1. The minimum atomic E-state index is -1.68. The van der Waals surface area contributed by atoms with Gasteiger partial charge >= 0.3 is 0 Å². The van der Waals surface area contributed by atoms with Gasteiger partial charge in [0.2, 0.25) is 0 Å². The molecule has 1 atom stereocenters. The van der Waals surface area contributed by atoms with Gasteiger partial charge in [0.1, 0.15) is 5.84 Å². The summed E-state index contributed by atoms with van der Waals surface area (Å²) in [5.41, 5.74) is 4.97. The number of likely N-dealkylation sites (tertiary alicyclic amines) is 1. The first-order chi connectivity index (χ1) is 9.95. The highest BCUT2D eigenvalue weighted by molar-refractivity contribution is 5.95. The third-order valence-corrected chi connectivity index (χ3v) is 3.51. The van der Waals surface area contributed by atoms with Crippen molar-refractivity contribution in [3.8, 4) is 0 Å². The third kappa shape index (κ3) is 2.93. The van der Waals surface area contributed by atoms with E-state index in [1.807, 2.05) is 0 Å². The Hall–Kier alpha value is -2.25. The molecule has 1 aromatic carbocycles. The van der Waals surface area contributed by atoms with E-state index in [2.05, 4.69) is 5.16 Å². The van der Waals surface area contributed by atoms with Crippen LogP contribution < -0.4 is 5.73 Å². The Bertz CT molecular complexity index is 592. The van der Waals surface area contributed by atoms with Crippen LogP contribution in [0.1, 0.15) is 23.2 Å². The number of nitrogens with zero attached hydrogens (tertiary/aromatic N) is 2. The Balaban J connectivity index is 2.22. The number of carbonyl (C=O) groups is 1. The molecule has 1 unspecified atom stereocenters. The fourth-order valence-electron chi connectivity index (χ4n) is 2.35. The van der Waals surface area contributed by atoms with Crippen molar-refractivity contribution in [1.29, 1.82) is 0 Å². The van der Waals surface area contributed by atoms with Crippen molar-refractivity contribution < 1.29 is 23.2 Å². The number of carbonyl (C=O) groups excluding carboxylic acids is 1. The van der Waals surface area contributed by atoms with Crippen LogP contribution in [0.5, 0.6) is 0 Å². The fourth-order valence-corrected chi connectivity index (χ4v) is 2.35. The lowest BCUT2D eigenvalue weighted by molar-refractivity contribution is 0.0695. The van der Waals surface area contributed by atoms with Crippen molar-refractivity contribution in [2.24, 2.45) is 16.8 Å². The predicted molar refractivity (Wildman–Crippen MR) is 68.4 cm³/mol. The smallest absolute Gasteiger partial charge is 0.256 e. The Morgan fingerprint density at radius 1 is 1.33 bits per heavy atom. The summed E-state index contributed by atoms with van der Waals surface area (Å²) in [4.78, 5) is 13.5. The molecule has 1 aliphatic heterocycles. The van der Waals surface area contributed by atoms with Gasteiger partial charge in [-0.1, -0.05) is 5.16 Å². The Labute approximate surface area is 118 Å². The van der Waals surface area contributed by atoms with Gasteiger partial charge in [-0.3, -0.25) is 4.79 Å². The van der Waals surface area contributed by atoms with E-state index in [-0.39, 0.29) is 18.3 Å². The Morgan fingerprint density at radius 2 is 2.05 bits per heavy atom. The molecule has 1 heterocycles. The quantitative estimate of drug-likeness (QED) is 0.287. The molecule has 8 heteroatoms. The topological polar surface area (TPSA) is 78.9 Å². The molecule has 0 spiro atoms. The third-order valence-electron chi connectivity index (χ3n) is 3.51. The van der Waals surface area contributed by atoms with Crippen LogP contribution in [-0.2, 0) is 0 Å². The van der Waals surface area contributed by atoms with E-state index in [4.69, 9.17) is 10.9 Å². The maximum atomic E-state index is 13.6. The molecule has 0 aromatic heterocycles. The zero-order valence-electron chi connectivity index (χ0n) is 11.0. The second-order valence-electron chi connectivity index (χ2n) is 4.84. The maximum absolute atomic E-state index is 13.6. The molecule has 5 nitrogen and oxygen atoms in total. The average molecular weight is 301 g/mol. The molecule has 0 radical (unpaired) electrons. The molecule has 0 bridgehead atoms. The van der Waals surface area contributed by atoms with E-state index in [9.17, 15) is 18.0 Å². The minimum Gasteiger partial charge on any atom is -0.409 e. The fraction of sp³-hybridized carbons (Fsp3) is 0.385. The summed E-state index contributed by atoms with van der Waals surface area (Å²) in [5.74, 6) is -5.64. The van der Waals surface area contributed by atoms with Gasteiger partial charge < -0.3 is 15.8 Å². The van der Waals surface area contributed by atoms with Gasteiger partial charge in [0.15, 0.2) is 17.5 Å². The number of oxime groups is 1. The van der Waals surface area contributed by atoms with Crippen LogP contribution in [0.4, 0.5) is 13.2 Å². The van der Waals surface area contributed by atoms with Gasteiger partial charge in [0.05, 0.1) is 5.56 Å². The standard InChI is InChI=1S/C13H14F3N3O2/c14-9-4-3-8(10(15)11(9)16)13(20)19-5-1-2-7(6-19)12(17)18-21/h3-4,7,21H,1-2,5-6H2,(H2,17,18). The lowest BCUT2D eigenvalue weighted by atomic mass is 9.96. The average Bonchev–Trinajstić information content (AvgIpc) is 2.51. The van der Waals surface area contributed by atoms with Crippen LogP contribution in [0, 0.1) is 23.4 Å². The predicted octanol–water partition coefficient (Wildman–Crippen LogP) is 1.70. The summed E-state index contributed by atoms with van der Waals surface area (Å²) in [6.45, 7) is 0.472. The van der Waals surface area contributed by atoms with Crippen molar-refractivity contribution >= 4 is 11.7 Å². The number of halogens is 3. The van der Waals surface area contributed by atoms with Crippen molar-refractivity contribution in [2.45, 2.75) is 12.8 Å². The summed E-state index contributed by atoms with van der Waals surface area (Å²) < 4.78 is 39.7. The molecule has 1 amide bonds. The van der Waals surface area contributed by atoms with E-state index < -0.39 is 28.9 Å². The summed E-state index contributed by atoms with van der Waals surface area (Å²) in [6, 6.07) is 1.61. The zero-order chi connectivity index (χ0) is 15.6. The van der Waals surface area contributed by atoms with Gasteiger partial charge in [0.25, 0.3) is 5.91 Å². The van der Waals surface area contributed by atoms with E-state index in [1.165, 1.54) is 4.90 Å². The minimum absolute atomic E-state index is 0.0155. The monoisotopic (exact) mass is 301 g/mol. The van der Waals surface area contributed by atoms with Gasteiger partial charge in [-0.15, -0.1) is 0 Å². The molecule has 21 heavy (non-hydrogen) atoms. The van der Waals surface area contributed by atoms with Crippen LogP contribution in [0.15, 0.2) is 17.3 Å². The molecule has 3 N–H and O–H groups in total. The number of amidine groups is 1. The van der Waals surface area contributed by atoms with Gasteiger partial charge in [-0.2, -0.15) is 0 Å². The number of amides is 1. The van der Waals surface area contributed by atoms with Crippen molar-refractivity contribution in [2.75, 3.05) is 13.1 Å². The molecular weight excluding hydrogens is 287 g/mol. The van der Waals surface area contributed by atoms with Gasteiger partial charge in [-0.05, 0) is 25.0 Å². The van der Waals surface area contributed by atoms with Gasteiger partial charge in [-0.25, -0.2) is 13.2 Å². The lowest BCUT2D eigenvalue weighted by Gasteiger charge is -2.32. The second-order valence-corrected chi connectivity index (χ2v) is 4.84. The largest absolute Gasteiger partial charge is 0.409 e. The summed E-state index contributed by atoms with van der Waals surface area (Å²) in [5, 5.41) is 11.5. The van der Waals surface area contributed by atoms with E-state index in [0.717, 1.165) is 6.07 Å². The van der Waals surface area contributed by atoms with Gasteiger partial charge in [0, 0.05) is 19.0 Å². The first-order valence-corrected chi connectivity index (χ1v) is 6.36. The zero-order valence-corrected chi connectivity index (χ0v) is 11.0. The molecule has 114 valence electrons. The van der Waals surface area contributed by atoms with Crippen molar-refractivity contribution in [1.82, 2.24) is 4.90 Å². The van der Waals surface area contributed by atoms with Crippen LogP contribution in [0.25, 0.3) is 0 Å². The van der Waals surface area contributed by atoms with Crippen LogP contribution in [0.2, 0.25) is 0 Å². The molecule has 2 rings (SSSR count). The normalized spacial score (nSPS) is 19.7. The molecule has 1 aliphatic rings. The summed E-state index contributed by atoms with van der Waals surface area (Å²) in [7, 11) is 0. The summed E-state index contributed by atoms with van der Waals surface area (Å²) in [6.07, 6.45) is 1.21. The lowest BCUT2D eigenvalue weighted by Crippen LogP contribution is -2.44. The number of rotatable bonds is 2. The maximum Gasteiger partial charge on any atom is 0.256 e. The molecule has 1 aromatic rings. The highest BCUT2D eigenvalue weighted by Gasteiger charge is 2.29. The first-order valence-electron chi connectivity index (χ1n) is 6.36. The second kappa shape index (κ2) is 6.02. The van der Waals surface area contributed by atoms with E-state index in [1.54, 1.807) is 0 Å². The molecule has 1 saturated heterocycles. The first kappa shape index (κ1) is 15.1. The van der Waals surface area contributed by atoms with Crippen molar-refractivity contribution in [3.63, 3.8) is 0 Å². The van der Waals surface area contributed by atoms with E-state index in [0.29, 0.717) is 25.5 Å². The number of hydrogen-bond acceptors (Lipinski definition) is 3. The van der Waals surface area contributed by atoms with Crippen LogP contribution in [-0.4, -0.2) is 34.9 Å². The summed E-state index contributed by atoms with van der Waals surface area (Å²) >= 11 is 0. The molecule has 1 fully saturated rings. The Morgan fingerprint density at radius 3 is 2.71 bits per heavy atom. The molecule has 0 saturated carbocycles. The highest BCUT2D eigenvalue weighted by Crippen LogP contribution is 2.21. The SMILES string of the molecule is NC(=NO)C1CCCN(C(=O)c2ccc(F)c(F)c2F)C1. The van der Waals surface area contributed by atoms with Crippen molar-refractivity contribution in [3.05, 3.63) is 35.1 Å². The molecule has 0 aliphatic carbocycles. The molecular formula is C13H14F3N3O2. The Kier molecular flexibility index (Phi) is 4.35. The highest BCUT2D eigenvalue weighted by atomic mass is 19.2.